The lowest BCUT2D eigenvalue weighted by Gasteiger charge is -2.33. The van der Waals surface area contributed by atoms with Crippen molar-refractivity contribution in [3.8, 4) is 22.7 Å². The van der Waals surface area contributed by atoms with Crippen molar-refractivity contribution in [2.45, 2.75) is 18.9 Å². The third-order valence-corrected chi connectivity index (χ3v) is 5.70. The van der Waals surface area contributed by atoms with E-state index in [1.807, 2.05) is 41.1 Å². The first kappa shape index (κ1) is 19.1. The van der Waals surface area contributed by atoms with Crippen LogP contribution in [0.1, 0.15) is 24.4 Å². The number of aliphatic imine (C=N–C) groups is 1. The number of nitrogens with zero attached hydrogens (tertiary/aromatic N) is 5. The molecular formula is C22H23N7O2. The van der Waals surface area contributed by atoms with Gasteiger partial charge < -0.3 is 20.5 Å². The Hall–Kier alpha value is -3.88. The number of likely N-dealkylation sites (tertiary alicyclic amines) is 1. The number of carbonyl (C=O) groups excluding carboxylic acids is 1. The van der Waals surface area contributed by atoms with Gasteiger partial charge in [0, 0.05) is 24.7 Å². The van der Waals surface area contributed by atoms with Crippen LogP contribution in [0.3, 0.4) is 0 Å². The van der Waals surface area contributed by atoms with Crippen LogP contribution >= 0.6 is 0 Å². The summed E-state index contributed by atoms with van der Waals surface area (Å²) in [7, 11) is 0. The van der Waals surface area contributed by atoms with Crippen LogP contribution in [-0.4, -0.2) is 51.3 Å². The third-order valence-electron chi connectivity index (χ3n) is 5.70. The Morgan fingerprint density at radius 1 is 1.32 bits per heavy atom. The molecule has 0 spiro atoms. The second-order valence-corrected chi connectivity index (χ2v) is 7.62. The first-order chi connectivity index (χ1) is 15.2. The predicted octanol–water partition coefficient (Wildman–Crippen LogP) is 2.64. The summed E-state index contributed by atoms with van der Waals surface area (Å²) in [5.74, 6) is 1.79. The Kier molecular flexibility index (Phi) is 4.78. The summed E-state index contributed by atoms with van der Waals surface area (Å²) >= 11 is 0. The van der Waals surface area contributed by atoms with Crippen LogP contribution in [0, 0.1) is 0 Å². The molecule has 0 radical (unpaired) electrons. The highest BCUT2D eigenvalue weighted by Crippen LogP contribution is 2.35. The topological polar surface area (TPSA) is 115 Å². The fraction of sp³-hybridized carbons (Fsp3) is 0.273. The van der Waals surface area contributed by atoms with E-state index in [0.29, 0.717) is 41.8 Å². The Bertz CT molecular complexity index is 1160. The summed E-state index contributed by atoms with van der Waals surface area (Å²) in [5.41, 5.74) is 9.11. The largest absolute Gasteiger partial charge is 0.383 e. The smallest absolute Gasteiger partial charge is 0.246 e. The minimum atomic E-state index is -0.0658. The fourth-order valence-electron chi connectivity index (χ4n) is 4.18. The highest BCUT2D eigenvalue weighted by atomic mass is 16.5. The van der Waals surface area contributed by atoms with Crippen LogP contribution in [-0.2, 0) is 4.79 Å². The lowest BCUT2D eigenvalue weighted by Crippen LogP contribution is -2.40. The summed E-state index contributed by atoms with van der Waals surface area (Å²) < 4.78 is 7.51. The van der Waals surface area contributed by atoms with E-state index in [2.05, 4.69) is 22.0 Å². The van der Waals surface area contributed by atoms with E-state index >= 15 is 0 Å². The number of aromatic nitrogens is 3. The molecule has 2 aliphatic heterocycles. The monoisotopic (exact) mass is 417 g/mol. The normalized spacial score (nSPS) is 18.1. The van der Waals surface area contributed by atoms with Gasteiger partial charge >= 0.3 is 0 Å². The minimum Gasteiger partial charge on any atom is -0.383 e. The van der Waals surface area contributed by atoms with E-state index in [4.69, 9.17) is 15.4 Å². The number of amides is 1. The Morgan fingerprint density at radius 2 is 2.16 bits per heavy atom. The summed E-state index contributed by atoms with van der Waals surface area (Å²) in [5, 5.41) is 12.4. The number of amidine groups is 1. The standard InChI is InChI=1S/C22H23N7O2/c1-2-18(30)28-10-6-9-15(12-28)29-22-19(21(23)24-13-25-22)20(26-29)16-11-17(31-27-16)14-7-4-3-5-8-14/h2-5,7-8,11,15,25H,1,6,9-10,12-13H2,(H2,23,24)/t15-/m1/s1. The number of piperidine rings is 1. The average molecular weight is 417 g/mol. The van der Waals surface area contributed by atoms with Crippen LogP contribution in [0.4, 0.5) is 5.82 Å². The number of rotatable bonds is 4. The zero-order valence-corrected chi connectivity index (χ0v) is 17.0. The second-order valence-electron chi connectivity index (χ2n) is 7.62. The van der Waals surface area contributed by atoms with Crippen LogP contribution in [0.5, 0.6) is 0 Å². The second kappa shape index (κ2) is 7.75. The molecule has 9 heteroatoms. The summed E-state index contributed by atoms with van der Waals surface area (Å²) in [4.78, 5) is 18.3. The molecule has 0 bridgehead atoms. The van der Waals surface area contributed by atoms with Crippen molar-refractivity contribution in [2.75, 3.05) is 25.1 Å². The van der Waals surface area contributed by atoms with E-state index in [-0.39, 0.29) is 11.9 Å². The van der Waals surface area contributed by atoms with Crippen molar-refractivity contribution in [1.29, 1.82) is 0 Å². The predicted molar refractivity (Wildman–Crippen MR) is 117 cm³/mol. The van der Waals surface area contributed by atoms with Crippen LogP contribution in [0.2, 0.25) is 0 Å². The molecule has 4 heterocycles. The molecule has 0 saturated carbocycles. The Morgan fingerprint density at radius 3 is 2.97 bits per heavy atom. The zero-order chi connectivity index (χ0) is 21.4. The first-order valence-electron chi connectivity index (χ1n) is 10.3. The van der Waals surface area contributed by atoms with E-state index in [1.54, 1.807) is 4.90 Å². The Balaban J connectivity index is 1.55. The quantitative estimate of drug-likeness (QED) is 0.631. The molecule has 1 atom stereocenters. The molecule has 2 aliphatic rings. The van der Waals surface area contributed by atoms with Gasteiger partial charge in [-0.15, -0.1) is 0 Å². The van der Waals surface area contributed by atoms with E-state index in [1.165, 1.54) is 6.08 Å². The molecule has 1 amide bonds. The molecule has 5 rings (SSSR count). The molecule has 1 saturated heterocycles. The number of nitrogens with two attached hydrogens (primary N) is 1. The van der Waals surface area contributed by atoms with Crippen molar-refractivity contribution >= 4 is 17.6 Å². The van der Waals surface area contributed by atoms with Crippen molar-refractivity contribution in [2.24, 2.45) is 10.7 Å². The maximum absolute atomic E-state index is 12.1. The summed E-state index contributed by atoms with van der Waals surface area (Å²) in [6, 6.07) is 11.6. The van der Waals surface area contributed by atoms with Crippen molar-refractivity contribution < 1.29 is 9.32 Å². The van der Waals surface area contributed by atoms with Crippen LogP contribution in [0.15, 0.2) is 58.6 Å². The molecule has 9 nitrogen and oxygen atoms in total. The fourth-order valence-corrected chi connectivity index (χ4v) is 4.18. The molecule has 3 aromatic rings. The molecule has 1 aromatic carbocycles. The van der Waals surface area contributed by atoms with Crippen LogP contribution in [0.25, 0.3) is 22.7 Å². The van der Waals surface area contributed by atoms with Crippen LogP contribution < -0.4 is 11.1 Å². The SMILES string of the molecule is C=CC(=O)N1CCC[C@@H](n2nc(-c3cc(-c4ccccc4)on3)c3c2NCN=C3N)C1. The van der Waals surface area contributed by atoms with Gasteiger partial charge in [-0.1, -0.05) is 42.1 Å². The number of benzene rings is 1. The number of nitrogens with one attached hydrogen (secondary N) is 1. The molecule has 0 aliphatic carbocycles. The third kappa shape index (κ3) is 3.37. The summed E-state index contributed by atoms with van der Waals surface area (Å²) in [6.45, 7) is 5.26. The van der Waals surface area contributed by atoms with E-state index in [9.17, 15) is 4.79 Å². The molecule has 2 aromatic heterocycles. The average Bonchev–Trinajstić information content (AvgIpc) is 3.45. The number of hydrogen-bond acceptors (Lipinski definition) is 7. The maximum Gasteiger partial charge on any atom is 0.246 e. The van der Waals surface area contributed by atoms with Gasteiger partial charge in [0.05, 0.1) is 11.6 Å². The van der Waals surface area contributed by atoms with Gasteiger partial charge in [0.1, 0.15) is 29.7 Å². The molecular weight excluding hydrogens is 394 g/mol. The van der Waals surface area contributed by atoms with Crippen molar-refractivity contribution in [3.05, 3.63) is 54.6 Å². The van der Waals surface area contributed by atoms with E-state index < -0.39 is 0 Å². The van der Waals surface area contributed by atoms with Gasteiger partial charge in [0.15, 0.2) is 5.76 Å². The number of carbonyl (C=O) groups is 1. The Labute approximate surface area is 179 Å². The molecule has 31 heavy (non-hydrogen) atoms. The van der Waals surface area contributed by atoms with Gasteiger partial charge in [0.25, 0.3) is 0 Å². The summed E-state index contributed by atoms with van der Waals surface area (Å²) in [6.07, 6.45) is 3.15. The van der Waals surface area contributed by atoms with E-state index in [0.717, 1.165) is 30.8 Å². The van der Waals surface area contributed by atoms with Gasteiger partial charge in [-0.05, 0) is 18.9 Å². The minimum absolute atomic E-state index is 0.0130. The molecule has 0 unspecified atom stereocenters. The van der Waals surface area contributed by atoms with Gasteiger partial charge in [-0.2, -0.15) is 5.10 Å². The maximum atomic E-state index is 12.1. The number of hydrogen-bond donors (Lipinski definition) is 2. The molecule has 3 N–H and O–H groups in total. The lowest BCUT2D eigenvalue weighted by atomic mass is 10.1. The van der Waals surface area contributed by atoms with Crippen molar-refractivity contribution in [3.63, 3.8) is 0 Å². The zero-order valence-electron chi connectivity index (χ0n) is 17.0. The first-order valence-corrected chi connectivity index (χ1v) is 10.3. The van der Waals surface area contributed by atoms with Crippen molar-refractivity contribution in [1.82, 2.24) is 19.8 Å². The van der Waals surface area contributed by atoms with Gasteiger partial charge in [-0.25, -0.2) is 9.67 Å². The van der Waals surface area contributed by atoms with Gasteiger partial charge in [-0.3, -0.25) is 4.79 Å². The van der Waals surface area contributed by atoms with Gasteiger partial charge in [0.2, 0.25) is 5.91 Å². The lowest BCUT2D eigenvalue weighted by molar-refractivity contribution is -0.127. The molecule has 1 fully saturated rings. The number of anilines is 1. The molecule has 158 valence electrons. The highest BCUT2D eigenvalue weighted by Gasteiger charge is 2.32. The number of fused-ring (bicyclic) bond motifs is 1. The highest BCUT2D eigenvalue weighted by molar-refractivity contribution is 6.07.